The fraction of sp³-hybridized carbons (Fsp3) is 0.294. The minimum atomic E-state index is -0.331. The maximum absolute atomic E-state index is 6.26. The fourth-order valence-corrected chi connectivity index (χ4v) is 3.19. The van der Waals surface area contributed by atoms with Gasteiger partial charge < -0.3 is 4.74 Å². The van der Waals surface area contributed by atoms with Crippen molar-refractivity contribution in [3.8, 4) is 0 Å². The van der Waals surface area contributed by atoms with Gasteiger partial charge in [0.15, 0.2) is 0 Å². The SMILES string of the molecule is CN1CC(OCc2ccc(Cl)cc2)(c2ccc(Cl)c(Cl)c2)C1.Cl. The number of nitrogens with zero attached hydrogens (tertiary/aromatic N) is 1. The third kappa shape index (κ3) is 4.14. The summed E-state index contributed by atoms with van der Waals surface area (Å²) in [5, 5.41) is 1.85. The van der Waals surface area contributed by atoms with Gasteiger partial charge in [0.25, 0.3) is 0 Å². The molecule has 0 saturated carbocycles. The summed E-state index contributed by atoms with van der Waals surface area (Å²) in [7, 11) is 2.07. The van der Waals surface area contributed by atoms with Crippen molar-refractivity contribution in [1.82, 2.24) is 4.90 Å². The molecule has 1 aliphatic rings. The van der Waals surface area contributed by atoms with Gasteiger partial charge in [-0.25, -0.2) is 0 Å². The van der Waals surface area contributed by atoms with Crippen LogP contribution in [-0.4, -0.2) is 25.0 Å². The summed E-state index contributed by atoms with van der Waals surface area (Å²) >= 11 is 18.1. The Hall–Kier alpha value is -0.480. The largest absolute Gasteiger partial charge is 0.363 e. The van der Waals surface area contributed by atoms with E-state index < -0.39 is 0 Å². The van der Waals surface area contributed by atoms with Crippen LogP contribution in [0.15, 0.2) is 42.5 Å². The molecule has 0 bridgehead atoms. The van der Waals surface area contributed by atoms with Crippen molar-refractivity contribution in [2.45, 2.75) is 12.2 Å². The number of benzene rings is 2. The number of likely N-dealkylation sites (tertiary alicyclic amines) is 1. The van der Waals surface area contributed by atoms with Crippen LogP contribution in [0, 0.1) is 0 Å². The van der Waals surface area contributed by atoms with Gasteiger partial charge in [-0.3, -0.25) is 4.90 Å². The number of likely N-dealkylation sites (N-methyl/N-ethyl adjacent to an activating group) is 1. The quantitative estimate of drug-likeness (QED) is 0.688. The number of ether oxygens (including phenoxy) is 1. The van der Waals surface area contributed by atoms with Gasteiger partial charge >= 0.3 is 0 Å². The van der Waals surface area contributed by atoms with Crippen LogP contribution in [0.5, 0.6) is 0 Å². The maximum Gasteiger partial charge on any atom is 0.119 e. The number of hydrogen-bond acceptors (Lipinski definition) is 2. The highest BCUT2D eigenvalue weighted by molar-refractivity contribution is 6.42. The van der Waals surface area contributed by atoms with E-state index in [-0.39, 0.29) is 18.0 Å². The Morgan fingerprint density at radius 3 is 2.22 bits per heavy atom. The Morgan fingerprint density at radius 1 is 1.00 bits per heavy atom. The first-order valence-electron chi connectivity index (χ1n) is 7.01. The first-order chi connectivity index (χ1) is 10.5. The zero-order valence-corrected chi connectivity index (χ0v) is 15.6. The van der Waals surface area contributed by atoms with Crippen LogP contribution in [0.4, 0.5) is 0 Å². The standard InChI is InChI=1S/C17H16Cl3NO.ClH/c1-21-10-17(11-21,13-4-7-15(19)16(20)8-13)22-9-12-2-5-14(18)6-3-12;/h2-8H,9-11H2,1H3;1H. The summed E-state index contributed by atoms with van der Waals surface area (Å²) in [6, 6.07) is 13.4. The van der Waals surface area contributed by atoms with Gasteiger partial charge in [0, 0.05) is 18.1 Å². The molecule has 23 heavy (non-hydrogen) atoms. The molecule has 0 aliphatic carbocycles. The summed E-state index contributed by atoms with van der Waals surface area (Å²) in [6.07, 6.45) is 0. The zero-order valence-electron chi connectivity index (χ0n) is 12.6. The lowest BCUT2D eigenvalue weighted by Crippen LogP contribution is -2.58. The van der Waals surface area contributed by atoms with Crippen molar-refractivity contribution in [2.75, 3.05) is 20.1 Å². The molecular weight excluding hydrogens is 376 g/mol. The van der Waals surface area contributed by atoms with Gasteiger partial charge in [0.1, 0.15) is 5.60 Å². The van der Waals surface area contributed by atoms with Crippen LogP contribution in [-0.2, 0) is 16.9 Å². The maximum atomic E-state index is 6.26. The average Bonchev–Trinajstić information content (AvgIpc) is 2.47. The van der Waals surface area contributed by atoms with Crippen LogP contribution in [0.2, 0.25) is 15.1 Å². The van der Waals surface area contributed by atoms with Crippen LogP contribution < -0.4 is 0 Å². The minimum Gasteiger partial charge on any atom is -0.363 e. The number of rotatable bonds is 4. The first kappa shape index (κ1) is 18.9. The van der Waals surface area contributed by atoms with Gasteiger partial charge in [-0.15, -0.1) is 12.4 Å². The van der Waals surface area contributed by atoms with Gasteiger partial charge in [-0.05, 0) is 42.4 Å². The number of hydrogen-bond donors (Lipinski definition) is 0. The fourth-order valence-electron chi connectivity index (χ4n) is 2.76. The summed E-state index contributed by atoms with van der Waals surface area (Å²) in [6.45, 7) is 2.20. The molecule has 0 spiro atoms. The second-order valence-electron chi connectivity index (χ2n) is 5.71. The predicted octanol–water partition coefficient (Wildman–Crippen LogP) is 5.43. The normalized spacial score (nSPS) is 16.5. The van der Waals surface area contributed by atoms with Crippen molar-refractivity contribution in [1.29, 1.82) is 0 Å². The molecular formula is C17H17Cl4NO. The molecule has 124 valence electrons. The molecule has 0 amide bonds. The van der Waals surface area contributed by atoms with Crippen LogP contribution in [0.3, 0.4) is 0 Å². The lowest BCUT2D eigenvalue weighted by atomic mass is 9.86. The molecule has 0 aromatic heterocycles. The van der Waals surface area contributed by atoms with Gasteiger partial charge in [0.2, 0.25) is 0 Å². The molecule has 3 rings (SSSR count). The van der Waals surface area contributed by atoms with Crippen molar-refractivity contribution in [3.05, 3.63) is 68.7 Å². The van der Waals surface area contributed by atoms with Gasteiger partial charge in [0.05, 0.1) is 16.7 Å². The molecule has 1 heterocycles. The lowest BCUT2D eigenvalue weighted by Gasteiger charge is -2.48. The molecule has 2 nitrogen and oxygen atoms in total. The van der Waals surface area contributed by atoms with E-state index in [0.29, 0.717) is 16.7 Å². The second kappa shape index (κ2) is 7.60. The predicted molar refractivity (Wildman–Crippen MR) is 99.1 cm³/mol. The molecule has 0 unspecified atom stereocenters. The Bertz CT molecular complexity index is 669. The molecule has 2 aromatic carbocycles. The van der Waals surface area contributed by atoms with E-state index in [0.717, 1.165) is 29.2 Å². The van der Waals surface area contributed by atoms with Gasteiger partial charge in [-0.1, -0.05) is 53.0 Å². The minimum absolute atomic E-state index is 0. The Labute approximate surface area is 157 Å². The van der Waals surface area contributed by atoms with E-state index in [9.17, 15) is 0 Å². The molecule has 1 aliphatic heterocycles. The van der Waals surface area contributed by atoms with Crippen LogP contribution >= 0.6 is 47.2 Å². The van der Waals surface area contributed by atoms with Crippen molar-refractivity contribution in [2.24, 2.45) is 0 Å². The second-order valence-corrected chi connectivity index (χ2v) is 6.96. The molecule has 1 fully saturated rings. The van der Waals surface area contributed by atoms with Crippen LogP contribution in [0.25, 0.3) is 0 Å². The molecule has 6 heteroatoms. The third-order valence-corrected chi connectivity index (χ3v) is 4.92. The van der Waals surface area contributed by atoms with E-state index in [1.54, 1.807) is 0 Å². The molecule has 1 saturated heterocycles. The van der Waals surface area contributed by atoms with E-state index >= 15 is 0 Å². The first-order valence-corrected chi connectivity index (χ1v) is 8.14. The molecule has 0 radical (unpaired) electrons. The zero-order chi connectivity index (χ0) is 15.7. The highest BCUT2D eigenvalue weighted by Gasteiger charge is 2.44. The Morgan fingerprint density at radius 2 is 1.65 bits per heavy atom. The third-order valence-electron chi connectivity index (χ3n) is 3.92. The number of halogens is 4. The lowest BCUT2D eigenvalue weighted by molar-refractivity contribution is -0.151. The average molecular weight is 393 g/mol. The summed E-state index contributed by atoms with van der Waals surface area (Å²) in [5.74, 6) is 0. The van der Waals surface area contributed by atoms with Crippen molar-refractivity contribution >= 4 is 47.2 Å². The molecule has 0 N–H and O–H groups in total. The van der Waals surface area contributed by atoms with Crippen LogP contribution in [0.1, 0.15) is 11.1 Å². The highest BCUT2D eigenvalue weighted by atomic mass is 35.5. The molecule has 0 atom stereocenters. The Kier molecular flexibility index (Phi) is 6.23. The van der Waals surface area contributed by atoms with E-state index in [4.69, 9.17) is 39.5 Å². The summed E-state index contributed by atoms with van der Waals surface area (Å²) in [4.78, 5) is 2.21. The monoisotopic (exact) mass is 391 g/mol. The highest BCUT2D eigenvalue weighted by Crippen LogP contribution is 2.38. The topological polar surface area (TPSA) is 12.5 Å². The Balaban J connectivity index is 0.00000192. The molecule has 2 aromatic rings. The van der Waals surface area contributed by atoms with Crippen molar-refractivity contribution < 1.29 is 4.74 Å². The summed E-state index contributed by atoms with van der Waals surface area (Å²) in [5.41, 5.74) is 1.83. The smallest absolute Gasteiger partial charge is 0.119 e. The van der Waals surface area contributed by atoms with E-state index in [1.165, 1.54) is 0 Å². The van der Waals surface area contributed by atoms with Crippen molar-refractivity contribution in [3.63, 3.8) is 0 Å². The van der Waals surface area contributed by atoms with E-state index in [2.05, 4.69) is 11.9 Å². The van der Waals surface area contributed by atoms with E-state index in [1.807, 2.05) is 42.5 Å². The summed E-state index contributed by atoms with van der Waals surface area (Å²) < 4.78 is 6.26. The van der Waals surface area contributed by atoms with Gasteiger partial charge in [-0.2, -0.15) is 0 Å².